The first-order valence-corrected chi connectivity index (χ1v) is 5.64. The number of rotatable bonds is 8. The normalized spacial score (nSPS) is 12.5. The van der Waals surface area contributed by atoms with Crippen LogP contribution in [-0.4, -0.2) is 31.5 Å². The van der Waals surface area contributed by atoms with Crippen LogP contribution in [0, 0.1) is 5.92 Å². The lowest BCUT2D eigenvalue weighted by Gasteiger charge is -2.10. The topological polar surface area (TPSA) is 38.3 Å². The van der Waals surface area contributed by atoms with Gasteiger partial charge in [-0.1, -0.05) is 13.8 Å². The zero-order valence-corrected chi connectivity index (χ0v) is 9.77. The Kier molecular flexibility index (Phi) is 9.10. The maximum absolute atomic E-state index is 11.2. The average molecular weight is 222 g/mol. The Labute approximate surface area is 91.2 Å². The molecule has 0 radical (unpaired) electrons. The predicted molar refractivity (Wildman–Crippen MR) is 58.6 cm³/mol. The Balaban J connectivity index is 3.34. The molecule has 0 saturated heterocycles. The summed E-state index contributed by atoms with van der Waals surface area (Å²) in [5.41, 5.74) is 0. The minimum Gasteiger partial charge on any atom is -0.372 e. The smallest absolute Gasteiger partial charge is 0.246 e. The lowest BCUT2D eigenvalue weighted by Crippen LogP contribution is -2.31. The van der Waals surface area contributed by atoms with Crippen molar-refractivity contribution in [3.63, 3.8) is 0 Å². The monoisotopic (exact) mass is 221 g/mol. The largest absolute Gasteiger partial charge is 0.372 e. The summed E-state index contributed by atoms with van der Waals surface area (Å²) in [5, 5.41) is 2.80. The number of alkyl halides is 1. The maximum Gasteiger partial charge on any atom is 0.246 e. The third kappa shape index (κ3) is 8.32. The molecule has 0 aliphatic carbocycles. The number of amides is 1. The van der Waals surface area contributed by atoms with E-state index in [2.05, 4.69) is 12.2 Å². The van der Waals surface area contributed by atoms with E-state index in [0.29, 0.717) is 24.9 Å². The molecule has 0 heterocycles. The number of carbonyl (C=O) groups excluding carboxylic acids is 1. The first-order valence-electron chi connectivity index (χ1n) is 5.11. The highest BCUT2D eigenvalue weighted by atomic mass is 35.5. The van der Waals surface area contributed by atoms with Gasteiger partial charge >= 0.3 is 0 Å². The van der Waals surface area contributed by atoms with E-state index in [4.69, 9.17) is 16.3 Å². The van der Waals surface area contributed by atoms with Crippen LogP contribution < -0.4 is 5.32 Å². The number of hydrogen-bond donors (Lipinski definition) is 1. The van der Waals surface area contributed by atoms with Crippen molar-refractivity contribution in [1.29, 1.82) is 0 Å². The molecule has 0 aromatic carbocycles. The van der Waals surface area contributed by atoms with Gasteiger partial charge in [0.2, 0.25) is 5.91 Å². The zero-order valence-electron chi connectivity index (χ0n) is 9.01. The highest BCUT2D eigenvalue weighted by Crippen LogP contribution is 2.00. The summed E-state index contributed by atoms with van der Waals surface area (Å²) in [6, 6.07) is 0. The second-order valence-corrected chi connectivity index (χ2v) is 3.82. The Hall–Kier alpha value is -0.280. The van der Waals surface area contributed by atoms with Crippen LogP contribution in [0.1, 0.15) is 26.7 Å². The van der Waals surface area contributed by atoms with Crippen molar-refractivity contribution in [2.24, 2.45) is 5.92 Å². The van der Waals surface area contributed by atoms with Crippen LogP contribution in [0.25, 0.3) is 0 Å². The molecule has 1 atom stereocenters. The van der Waals surface area contributed by atoms with E-state index in [0.717, 1.165) is 12.8 Å². The molecule has 14 heavy (non-hydrogen) atoms. The Morgan fingerprint density at radius 2 is 2.29 bits per heavy atom. The highest BCUT2D eigenvalue weighted by Gasteiger charge is 2.04. The Bertz CT molecular complexity index is 153. The molecule has 84 valence electrons. The SMILES string of the molecule is CCCOCC(=O)NCC(C)CCCl. The van der Waals surface area contributed by atoms with E-state index in [1.165, 1.54) is 0 Å². The summed E-state index contributed by atoms with van der Waals surface area (Å²) in [4.78, 5) is 11.2. The molecule has 0 aliphatic heterocycles. The molecule has 0 aliphatic rings. The van der Waals surface area contributed by atoms with Crippen molar-refractivity contribution in [1.82, 2.24) is 5.32 Å². The van der Waals surface area contributed by atoms with Gasteiger partial charge in [-0.2, -0.15) is 0 Å². The van der Waals surface area contributed by atoms with Crippen LogP contribution >= 0.6 is 11.6 Å². The molecule has 1 amide bonds. The predicted octanol–water partition coefficient (Wildman–Crippen LogP) is 1.79. The van der Waals surface area contributed by atoms with Gasteiger partial charge in [0, 0.05) is 19.0 Å². The van der Waals surface area contributed by atoms with Gasteiger partial charge in [-0.15, -0.1) is 11.6 Å². The molecule has 1 N–H and O–H groups in total. The van der Waals surface area contributed by atoms with Crippen LogP contribution in [0.15, 0.2) is 0 Å². The maximum atomic E-state index is 11.2. The van der Waals surface area contributed by atoms with Gasteiger partial charge in [0.1, 0.15) is 6.61 Å². The number of ether oxygens (including phenoxy) is 1. The summed E-state index contributed by atoms with van der Waals surface area (Å²) in [6.45, 7) is 5.57. The van der Waals surface area contributed by atoms with E-state index in [9.17, 15) is 4.79 Å². The summed E-state index contributed by atoms with van der Waals surface area (Å²) >= 11 is 5.58. The Morgan fingerprint density at radius 1 is 1.57 bits per heavy atom. The van der Waals surface area contributed by atoms with Crippen molar-refractivity contribution in [2.45, 2.75) is 26.7 Å². The number of nitrogens with one attached hydrogen (secondary N) is 1. The van der Waals surface area contributed by atoms with E-state index in [1.54, 1.807) is 0 Å². The van der Waals surface area contributed by atoms with Gasteiger partial charge in [-0.3, -0.25) is 4.79 Å². The van der Waals surface area contributed by atoms with Gasteiger partial charge in [0.25, 0.3) is 0 Å². The van der Waals surface area contributed by atoms with E-state index in [-0.39, 0.29) is 12.5 Å². The molecule has 0 rings (SSSR count). The molecule has 3 nitrogen and oxygen atoms in total. The quantitative estimate of drug-likeness (QED) is 0.502. The molecule has 0 bridgehead atoms. The third-order valence-electron chi connectivity index (χ3n) is 1.83. The number of hydrogen-bond acceptors (Lipinski definition) is 2. The summed E-state index contributed by atoms with van der Waals surface area (Å²) in [6.07, 6.45) is 1.87. The van der Waals surface area contributed by atoms with Crippen molar-refractivity contribution >= 4 is 17.5 Å². The standard InChI is InChI=1S/C10H20ClNO2/c1-3-6-14-8-10(13)12-7-9(2)4-5-11/h9H,3-8H2,1-2H3,(H,12,13). The molecular weight excluding hydrogens is 202 g/mol. The average Bonchev–Trinajstić information content (AvgIpc) is 2.16. The molecule has 0 spiro atoms. The minimum atomic E-state index is -0.0418. The van der Waals surface area contributed by atoms with Crippen LogP contribution in [0.2, 0.25) is 0 Å². The van der Waals surface area contributed by atoms with Crippen LogP contribution in [0.3, 0.4) is 0 Å². The zero-order chi connectivity index (χ0) is 10.8. The van der Waals surface area contributed by atoms with Crippen LogP contribution in [0.4, 0.5) is 0 Å². The first-order chi connectivity index (χ1) is 6.70. The fraction of sp³-hybridized carbons (Fsp3) is 0.900. The van der Waals surface area contributed by atoms with E-state index >= 15 is 0 Å². The summed E-state index contributed by atoms with van der Waals surface area (Å²) < 4.78 is 5.10. The van der Waals surface area contributed by atoms with Gasteiger partial charge < -0.3 is 10.1 Å². The van der Waals surface area contributed by atoms with E-state index < -0.39 is 0 Å². The lowest BCUT2D eigenvalue weighted by atomic mass is 10.1. The van der Waals surface area contributed by atoms with Crippen molar-refractivity contribution in [3.8, 4) is 0 Å². The summed E-state index contributed by atoms with van der Waals surface area (Å²) in [7, 11) is 0. The van der Waals surface area contributed by atoms with Crippen molar-refractivity contribution in [2.75, 3.05) is 25.6 Å². The van der Waals surface area contributed by atoms with Gasteiger partial charge in [-0.05, 0) is 18.8 Å². The molecule has 4 heteroatoms. The molecule has 0 aromatic heterocycles. The molecule has 1 unspecified atom stereocenters. The first kappa shape index (κ1) is 13.7. The lowest BCUT2D eigenvalue weighted by molar-refractivity contribution is -0.125. The molecule has 0 fully saturated rings. The van der Waals surface area contributed by atoms with Crippen molar-refractivity contribution in [3.05, 3.63) is 0 Å². The Morgan fingerprint density at radius 3 is 2.86 bits per heavy atom. The van der Waals surface area contributed by atoms with Crippen molar-refractivity contribution < 1.29 is 9.53 Å². The molecular formula is C10H20ClNO2. The number of halogens is 1. The molecule has 0 aromatic rings. The highest BCUT2D eigenvalue weighted by molar-refractivity contribution is 6.17. The van der Waals surface area contributed by atoms with E-state index in [1.807, 2.05) is 6.92 Å². The number of carbonyl (C=O) groups is 1. The fourth-order valence-corrected chi connectivity index (χ4v) is 1.31. The minimum absolute atomic E-state index is 0.0418. The van der Waals surface area contributed by atoms with Crippen LogP contribution in [0.5, 0.6) is 0 Å². The third-order valence-corrected chi connectivity index (χ3v) is 2.05. The summed E-state index contributed by atoms with van der Waals surface area (Å²) in [5.74, 6) is 1.03. The van der Waals surface area contributed by atoms with Gasteiger partial charge in [-0.25, -0.2) is 0 Å². The second-order valence-electron chi connectivity index (χ2n) is 3.44. The van der Waals surface area contributed by atoms with Crippen LogP contribution in [-0.2, 0) is 9.53 Å². The fourth-order valence-electron chi connectivity index (χ4n) is 0.937. The molecule has 0 saturated carbocycles. The van der Waals surface area contributed by atoms with Gasteiger partial charge in [0.05, 0.1) is 0 Å². The second kappa shape index (κ2) is 9.28. The van der Waals surface area contributed by atoms with Gasteiger partial charge in [0.15, 0.2) is 0 Å².